The summed E-state index contributed by atoms with van der Waals surface area (Å²) in [6, 6.07) is 4.48. The van der Waals surface area contributed by atoms with Gasteiger partial charge in [-0.05, 0) is 18.4 Å². The van der Waals surface area contributed by atoms with E-state index in [1.165, 1.54) is 11.3 Å². The van der Waals surface area contributed by atoms with Gasteiger partial charge in [-0.15, -0.1) is 0 Å². The Morgan fingerprint density at radius 2 is 1.56 bits per heavy atom. The lowest BCUT2D eigenvalue weighted by atomic mass is 9.85. The highest BCUT2D eigenvalue weighted by Crippen LogP contribution is 2.31. The molecule has 0 aliphatic heterocycles. The van der Waals surface area contributed by atoms with E-state index in [9.17, 15) is 0 Å². The first-order chi connectivity index (χ1) is 8.10. The van der Waals surface area contributed by atoms with Crippen LogP contribution in [-0.4, -0.2) is 9.38 Å². The fraction of sp³-hybridized carbons (Fsp3) is 0.562. The fourth-order valence-corrected chi connectivity index (χ4v) is 2.39. The second-order valence-electron chi connectivity index (χ2n) is 7.21. The molecule has 98 valence electrons. The predicted octanol–water partition coefficient (Wildman–Crippen LogP) is 4.24. The van der Waals surface area contributed by atoms with E-state index in [0.29, 0.717) is 0 Å². The predicted molar refractivity (Wildman–Crippen MR) is 77.3 cm³/mol. The average molecular weight is 244 g/mol. The molecule has 2 heteroatoms. The highest BCUT2D eigenvalue weighted by Gasteiger charge is 2.23. The van der Waals surface area contributed by atoms with Crippen molar-refractivity contribution in [1.82, 2.24) is 9.38 Å². The Bertz CT molecular complexity index is 526. The smallest absolute Gasteiger partial charge is 0.140 e. The van der Waals surface area contributed by atoms with Crippen molar-refractivity contribution in [2.45, 2.75) is 59.3 Å². The highest BCUT2D eigenvalue weighted by molar-refractivity contribution is 5.54. The van der Waals surface area contributed by atoms with Crippen LogP contribution < -0.4 is 0 Å². The summed E-state index contributed by atoms with van der Waals surface area (Å²) < 4.78 is 2.26. The number of aromatic nitrogens is 2. The van der Waals surface area contributed by atoms with E-state index >= 15 is 0 Å². The van der Waals surface area contributed by atoms with Crippen molar-refractivity contribution in [2.24, 2.45) is 0 Å². The van der Waals surface area contributed by atoms with Gasteiger partial charge in [0.1, 0.15) is 5.65 Å². The van der Waals surface area contributed by atoms with Crippen LogP contribution in [0.5, 0.6) is 0 Å². The molecule has 0 saturated carbocycles. The van der Waals surface area contributed by atoms with Crippen molar-refractivity contribution >= 4 is 5.65 Å². The molecule has 0 aromatic carbocycles. The molecule has 0 radical (unpaired) electrons. The van der Waals surface area contributed by atoms with E-state index in [1.807, 2.05) is 0 Å². The van der Waals surface area contributed by atoms with Gasteiger partial charge in [0.2, 0.25) is 0 Å². The van der Waals surface area contributed by atoms with Gasteiger partial charge in [0.15, 0.2) is 0 Å². The molecule has 2 aromatic rings. The minimum absolute atomic E-state index is 0.120. The monoisotopic (exact) mass is 244 g/mol. The zero-order chi connectivity index (χ0) is 13.7. The van der Waals surface area contributed by atoms with Gasteiger partial charge in [-0.2, -0.15) is 0 Å². The van der Waals surface area contributed by atoms with Crippen LogP contribution in [0.1, 0.15) is 58.5 Å². The van der Waals surface area contributed by atoms with Gasteiger partial charge in [-0.3, -0.25) is 0 Å². The normalized spacial score (nSPS) is 13.3. The van der Waals surface area contributed by atoms with Crippen LogP contribution in [0.2, 0.25) is 0 Å². The van der Waals surface area contributed by atoms with Crippen molar-refractivity contribution in [3.05, 3.63) is 35.3 Å². The van der Waals surface area contributed by atoms with E-state index in [1.54, 1.807) is 0 Å². The summed E-state index contributed by atoms with van der Waals surface area (Å²) in [5.74, 6) is 0. The molecular weight excluding hydrogens is 220 g/mol. The third-order valence-electron chi connectivity index (χ3n) is 3.31. The molecule has 2 aromatic heterocycles. The summed E-state index contributed by atoms with van der Waals surface area (Å²) in [6.45, 7) is 15.5. The third kappa shape index (κ3) is 2.16. The summed E-state index contributed by atoms with van der Waals surface area (Å²) in [4.78, 5) is 4.72. The Morgan fingerprint density at radius 1 is 0.944 bits per heavy atom. The lowest BCUT2D eigenvalue weighted by Gasteiger charge is -2.25. The largest absolute Gasteiger partial charge is 0.303 e. The van der Waals surface area contributed by atoms with E-state index < -0.39 is 0 Å². The fourth-order valence-electron chi connectivity index (χ4n) is 2.39. The maximum atomic E-state index is 4.72. The molecule has 0 saturated heterocycles. The van der Waals surface area contributed by atoms with Crippen molar-refractivity contribution in [2.75, 3.05) is 0 Å². The van der Waals surface area contributed by atoms with Crippen LogP contribution in [0.15, 0.2) is 18.3 Å². The van der Waals surface area contributed by atoms with Gasteiger partial charge in [-0.25, -0.2) is 4.98 Å². The molecule has 0 atom stereocenters. The van der Waals surface area contributed by atoms with Gasteiger partial charge in [0.05, 0.1) is 5.69 Å². The summed E-state index contributed by atoms with van der Waals surface area (Å²) in [6.07, 6.45) is 2.14. The van der Waals surface area contributed by atoms with Crippen LogP contribution in [-0.2, 0) is 10.8 Å². The first kappa shape index (κ1) is 13.1. The van der Waals surface area contributed by atoms with Gasteiger partial charge < -0.3 is 4.40 Å². The zero-order valence-corrected chi connectivity index (χ0v) is 12.6. The van der Waals surface area contributed by atoms with Crippen molar-refractivity contribution < 1.29 is 0 Å². The van der Waals surface area contributed by atoms with Crippen molar-refractivity contribution in [3.8, 4) is 0 Å². The summed E-state index contributed by atoms with van der Waals surface area (Å²) in [5.41, 5.74) is 5.05. The minimum atomic E-state index is 0.120. The lowest BCUT2D eigenvalue weighted by molar-refractivity contribution is 0.552. The Labute approximate surface area is 110 Å². The Kier molecular flexibility index (Phi) is 2.80. The van der Waals surface area contributed by atoms with E-state index in [0.717, 1.165) is 11.3 Å². The first-order valence-corrected chi connectivity index (χ1v) is 6.60. The van der Waals surface area contributed by atoms with Gasteiger partial charge >= 0.3 is 0 Å². The minimum Gasteiger partial charge on any atom is -0.303 e. The van der Waals surface area contributed by atoms with Crippen LogP contribution in [0.25, 0.3) is 5.65 Å². The SMILES string of the molecule is Cc1cn2c(C(C)(C)C)ccc(C(C)(C)C)c2n1. The molecule has 0 amide bonds. The number of aryl methyl sites for hydroxylation is 1. The second kappa shape index (κ2) is 3.84. The van der Waals surface area contributed by atoms with Gasteiger partial charge in [-0.1, -0.05) is 47.6 Å². The molecule has 0 bridgehead atoms. The third-order valence-corrected chi connectivity index (χ3v) is 3.31. The highest BCUT2D eigenvalue weighted by atomic mass is 15.0. The molecule has 2 heterocycles. The quantitative estimate of drug-likeness (QED) is 0.677. The Hall–Kier alpha value is -1.31. The van der Waals surface area contributed by atoms with Gasteiger partial charge in [0.25, 0.3) is 0 Å². The molecule has 0 fully saturated rings. The molecule has 0 N–H and O–H groups in total. The molecule has 0 unspecified atom stereocenters. The van der Waals surface area contributed by atoms with E-state index in [-0.39, 0.29) is 10.8 Å². The average Bonchev–Trinajstić information content (AvgIpc) is 2.53. The summed E-state index contributed by atoms with van der Waals surface area (Å²) in [5, 5.41) is 0. The van der Waals surface area contributed by atoms with E-state index in [2.05, 4.69) is 71.2 Å². The standard InChI is InChI=1S/C16H24N2/c1-11-10-18-13(16(5,6)7)9-8-12(14(18)17-11)15(2,3)4/h8-10H,1-7H3. The first-order valence-electron chi connectivity index (χ1n) is 6.60. The van der Waals surface area contributed by atoms with E-state index in [4.69, 9.17) is 4.98 Å². The number of rotatable bonds is 0. The Balaban J connectivity index is 2.83. The Morgan fingerprint density at radius 3 is 2.06 bits per heavy atom. The topological polar surface area (TPSA) is 17.3 Å². The van der Waals surface area contributed by atoms with Gasteiger partial charge in [0, 0.05) is 22.9 Å². The second-order valence-corrected chi connectivity index (χ2v) is 7.21. The van der Waals surface area contributed by atoms with Crippen LogP contribution in [0.4, 0.5) is 0 Å². The molecule has 18 heavy (non-hydrogen) atoms. The molecule has 0 aliphatic rings. The molecule has 0 aliphatic carbocycles. The van der Waals surface area contributed by atoms with Crippen molar-refractivity contribution in [3.63, 3.8) is 0 Å². The number of nitrogens with zero attached hydrogens (tertiary/aromatic N) is 2. The maximum Gasteiger partial charge on any atom is 0.140 e. The van der Waals surface area contributed by atoms with Crippen molar-refractivity contribution in [1.29, 1.82) is 0 Å². The van der Waals surface area contributed by atoms with Crippen LogP contribution >= 0.6 is 0 Å². The maximum absolute atomic E-state index is 4.72. The zero-order valence-electron chi connectivity index (χ0n) is 12.6. The summed E-state index contributed by atoms with van der Waals surface area (Å²) >= 11 is 0. The molecule has 2 nitrogen and oxygen atoms in total. The van der Waals surface area contributed by atoms with Crippen LogP contribution in [0, 0.1) is 6.92 Å². The number of hydrogen-bond donors (Lipinski definition) is 0. The molecule has 2 rings (SSSR count). The number of hydrogen-bond acceptors (Lipinski definition) is 1. The lowest BCUT2D eigenvalue weighted by Crippen LogP contribution is -2.19. The summed E-state index contributed by atoms with van der Waals surface area (Å²) in [7, 11) is 0. The number of fused-ring (bicyclic) bond motifs is 1. The molecule has 0 spiro atoms. The number of pyridine rings is 1. The number of imidazole rings is 1. The molecular formula is C16H24N2. The van der Waals surface area contributed by atoms with Crippen LogP contribution in [0.3, 0.4) is 0 Å².